The number of aromatic nitrogens is 1. The third kappa shape index (κ3) is 2.24. The minimum atomic E-state index is -0.0396. The topological polar surface area (TPSA) is 25.2 Å². The molecule has 3 heteroatoms. The Balaban J connectivity index is 1.78. The number of fused-ring (bicyclic) bond motifs is 6. The van der Waals surface area contributed by atoms with E-state index in [0.29, 0.717) is 0 Å². The fourth-order valence-electron chi connectivity index (χ4n) is 5.17. The average molecular weight is 386 g/mol. The van der Waals surface area contributed by atoms with E-state index >= 15 is 0 Å². The van der Waals surface area contributed by atoms with E-state index in [1.165, 1.54) is 40.6 Å². The molecular weight excluding hydrogens is 365 g/mol. The van der Waals surface area contributed by atoms with Gasteiger partial charge in [-0.15, -0.1) is 0 Å². The summed E-state index contributed by atoms with van der Waals surface area (Å²) in [4.78, 5) is 0. The Hall–Kier alpha value is -3.30. The van der Waals surface area contributed by atoms with Gasteiger partial charge < -0.3 is 9.59 Å². The van der Waals surface area contributed by atoms with Gasteiger partial charge in [-0.05, 0) is 52.6 Å². The van der Waals surface area contributed by atoms with Crippen molar-refractivity contribution in [2.75, 3.05) is 0 Å². The van der Waals surface area contributed by atoms with Crippen molar-refractivity contribution in [1.82, 2.24) is 4.57 Å². The van der Waals surface area contributed by atoms with E-state index in [4.69, 9.17) is 0 Å². The first kappa shape index (κ1) is 17.6. The molecule has 1 heterocycles. The predicted molar refractivity (Wildman–Crippen MR) is 126 cm³/mol. The third-order valence-corrected chi connectivity index (χ3v) is 6.66. The number of rotatable bonds is 2. The maximum absolute atomic E-state index is 9.61. The lowest BCUT2D eigenvalue weighted by atomic mass is 9.82. The number of para-hydroxylation sites is 1. The second-order valence-corrected chi connectivity index (χ2v) is 8.66. The molecule has 0 aliphatic heterocycles. The summed E-state index contributed by atoms with van der Waals surface area (Å²) >= 11 is 0. The van der Waals surface area contributed by atoms with Gasteiger partial charge in [0.15, 0.2) is 0 Å². The van der Waals surface area contributed by atoms with Gasteiger partial charge in [-0.1, -0.05) is 73.9 Å². The van der Waals surface area contributed by atoms with Gasteiger partial charge in [0, 0.05) is 21.9 Å². The minimum absolute atomic E-state index is 0.0396. The molecule has 30 heavy (non-hydrogen) atoms. The molecule has 0 unspecified atom stereocenters. The molecule has 2 nitrogen and oxygen atoms in total. The molecule has 1 N–H and O–H groups in total. The summed E-state index contributed by atoms with van der Waals surface area (Å²) in [5.74, 6) is 0. The molecule has 143 valence electrons. The van der Waals surface area contributed by atoms with Crippen LogP contribution in [0.2, 0.25) is 0 Å². The van der Waals surface area contributed by atoms with Crippen LogP contribution >= 0.6 is 0 Å². The molecule has 0 spiro atoms. The Bertz CT molecular complexity index is 1450. The molecule has 1 aromatic heterocycles. The van der Waals surface area contributed by atoms with Crippen molar-refractivity contribution in [1.29, 1.82) is 0 Å². The van der Waals surface area contributed by atoms with Crippen LogP contribution in [0, 0.1) is 0 Å². The van der Waals surface area contributed by atoms with Gasteiger partial charge in [-0.2, -0.15) is 0 Å². The Labute approximate surface area is 176 Å². The Morgan fingerprint density at radius 3 is 2.23 bits per heavy atom. The van der Waals surface area contributed by atoms with Crippen molar-refractivity contribution < 1.29 is 5.02 Å². The molecule has 0 fully saturated rings. The Morgan fingerprint density at radius 2 is 1.43 bits per heavy atom. The lowest BCUT2D eigenvalue weighted by molar-refractivity contribution is 0.615. The second-order valence-electron chi connectivity index (χ2n) is 8.66. The SMILES string of the molecule is CC1(C)c2ccccc2-c2cc3c4cc([B]O)ccc4n(-c4ccccc4)c3cc21. The monoisotopic (exact) mass is 386 g/mol. The number of benzene rings is 4. The normalized spacial score (nSPS) is 14.1. The molecule has 0 saturated heterocycles. The van der Waals surface area contributed by atoms with Crippen LogP contribution in [0.25, 0.3) is 38.6 Å². The van der Waals surface area contributed by atoms with Crippen LogP contribution in [0.3, 0.4) is 0 Å². The van der Waals surface area contributed by atoms with Gasteiger partial charge in [0.1, 0.15) is 0 Å². The molecule has 1 aliphatic carbocycles. The van der Waals surface area contributed by atoms with Crippen molar-refractivity contribution in [2.24, 2.45) is 0 Å². The van der Waals surface area contributed by atoms with E-state index < -0.39 is 0 Å². The third-order valence-electron chi connectivity index (χ3n) is 6.66. The standard InChI is InChI=1S/C27H21BNO/c1-27(2)23-11-7-6-10-19(23)20-15-22-21-14-17(28-30)12-13-25(21)29(26(22)16-24(20)27)18-8-4-3-5-9-18/h3-16,30H,1-2H3. The molecule has 4 aromatic carbocycles. The molecule has 1 aliphatic rings. The van der Waals surface area contributed by atoms with Crippen LogP contribution in [0.5, 0.6) is 0 Å². The predicted octanol–water partition coefficient (Wildman–Crippen LogP) is 5.33. The van der Waals surface area contributed by atoms with E-state index in [0.717, 1.165) is 22.1 Å². The first-order valence-corrected chi connectivity index (χ1v) is 10.3. The summed E-state index contributed by atoms with van der Waals surface area (Å²) in [7, 11) is 1.18. The fourth-order valence-corrected chi connectivity index (χ4v) is 5.17. The highest BCUT2D eigenvalue weighted by Gasteiger charge is 2.36. The number of hydrogen-bond donors (Lipinski definition) is 1. The summed E-state index contributed by atoms with van der Waals surface area (Å²) < 4.78 is 2.34. The lowest BCUT2D eigenvalue weighted by Gasteiger charge is -2.21. The van der Waals surface area contributed by atoms with E-state index in [1.54, 1.807) is 0 Å². The van der Waals surface area contributed by atoms with Crippen molar-refractivity contribution in [3.05, 3.63) is 96.1 Å². The van der Waals surface area contributed by atoms with Crippen molar-refractivity contribution >= 4 is 34.8 Å². The zero-order valence-corrected chi connectivity index (χ0v) is 17.1. The molecule has 5 aromatic rings. The highest BCUT2D eigenvalue weighted by molar-refractivity contribution is 6.46. The molecule has 0 amide bonds. The number of hydrogen-bond acceptors (Lipinski definition) is 1. The van der Waals surface area contributed by atoms with Crippen LogP contribution in [0.1, 0.15) is 25.0 Å². The molecule has 0 atom stereocenters. The lowest BCUT2D eigenvalue weighted by Crippen LogP contribution is -2.14. The van der Waals surface area contributed by atoms with Crippen molar-refractivity contribution in [3.8, 4) is 16.8 Å². The van der Waals surface area contributed by atoms with Gasteiger partial charge in [-0.3, -0.25) is 0 Å². The zero-order chi connectivity index (χ0) is 20.5. The first-order valence-electron chi connectivity index (χ1n) is 10.3. The minimum Gasteiger partial charge on any atom is -0.450 e. The second kappa shape index (κ2) is 6.10. The van der Waals surface area contributed by atoms with E-state index in [2.05, 4.69) is 91.2 Å². The maximum Gasteiger partial charge on any atom is 0.326 e. The highest BCUT2D eigenvalue weighted by Crippen LogP contribution is 2.50. The van der Waals surface area contributed by atoms with Crippen LogP contribution in [0.15, 0.2) is 84.9 Å². The van der Waals surface area contributed by atoms with Gasteiger partial charge >= 0.3 is 7.48 Å². The zero-order valence-electron chi connectivity index (χ0n) is 17.1. The number of nitrogens with zero attached hydrogens (tertiary/aromatic N) is 1. The van der Waals surface area contributed by atoms with Gasteiger partial charge in [0.25, 0.3) is 0 Å². The van der Waals surface area contributed by atoms with E-state index in [9.17, 15) is 5.02 Å². The smallest absolute Gasteiger partial charge is 0.326 e. The average Bonchev–Trinajstić information content (AvgIpc) is 3.22. The molecule has 6 rings (SSSR count). The van der Waals surface area contributed by atoms with Gasteiger partial charge in [0.2, 0.25) is 0 Å². The van der Waals surface area contributed by atoms with Crippen LogP contribution in [-0.4, -0.2) is 17.1 Å². The molecule has 1 radical (unpaired) electrons. The fraction of sp³-hybridized carbons (Fsp3) is 0.111. The van der Waals surface area contributed by atoms with Crippen LogP contribution < -0.4 is 5.46 Å². The Kier molecular flexibility index (Phi) is 3.57. The summed E-state index contributed by atoms with van der Waals surface area (Å²) in [5, 5.41) is 12.0. The van der Waals surface area contributed by atoms with Crippen LogP contribution in [0.4, 0.5) is 0 Å². The summed E-state index contributed by atoms with van der Waals surface area (Å²) in [5.41, 5.74) is 9.66. The summed E-state index contributed by atoms with van der Waals surface area (Å²) in [6, 6.07) is 30.1. The maximum atomic E-state index is 9.61. The summed E-state index contributed by atoms with van der Waals surface area (Å²) in [6.07, 6.45) is 0. The summed E-state index contributed by atoms with van der Waals surface area (Å²) in [6.45, 7) is 4.63. The van der Waals surface area contributed by atoms with Crippen molar-refractivity contribution in [3.63, 3.8) is 0 Å². The largest absolute Gasteiger partial charge is 0.450 e. The Morgan fingerprint density at radius 1 is 0.700 bits per heavy atom. The quantitative estimate of drug-likeness (QED) is 0.408. The van der Waals surface area contributed by atoms with Crippen molar-refractivity contribution in [2.45, 2.75) is 19.3 Å². The first-order chi connectivity index (χ1) is 14.6. The van der Waals surface area contributed by atoms with Gasteiger partial charge in [0.05, 0.1) is 11.0 Å². The molecule has 0 bridgehead atoms. The molecule has 0 saturated carbocycles. The van der Waals surface area contributed by atoms with Crippen LogP contribution in [-0.2, 0) is 5.41 Å². The highest BCUT2D eigenvalue weighted by atomic mass is 16.2. The van der Waals surface area contributed by atoms with E-state index in [1.807, 2.05) is 12.1 Å². The van der Waals surface area contributed by atoms with E-state index in [-0.39, 0.29) is 5.41 Å². The molecular formula is C27H21BNO. The van der Waals surface area contributed by atoms with Gasteiger partial charge in [-0.25, -0.2) is 0 Å².